The minimum absolute atomic E-state index is 0.333. The van der Waals surface area contributed by atoms with Crippen LogP contribution in [-0.2, 0) is 12.3 Å². The topological polar surface area (TPSA) is 30.7 Å². The molecule has 16 heavy (non-hydrogen) atoms. The van der Waals surface area contributed by atoms with E-state index in [-0.39, 0.29) is 0 Å². The molecule has 0 bridgehead atoms. The Hall–Kier alpha value is -1.06. The molecule has 0 atom stereocenters. The highest BCUT2D eigenvalue weighted by Gasteiger charge is 2.11. The van der Waals surface area contributed by atoms with Crippen LogP contribution in [0, 0.1) is 0 Å². The zero-order valence-electron chi connectivity index (χ0n) is 8.82. The molecule has 0 fully saturated rings. The Morgan fingerprint density at radius 3 is 2.62 bits per heavy atom. The zero-order chi connectivity index (χ0) is 11.5. The summed E-state index contributed by atoms with van der Waals surface area (Å²) in [7, 11) is 0. The largest absolute Gasteiger partial charge is 0.282 e. The van der Waals surface area contributed by atoms with Gasteiger partial charge < -0.3 is 0 Å². The summed E-state index contributed by atoms with van der Waals surface area (Å²) in [6.45, 7) is 2.03. The lowest BCUT2D eigenvalue weighted by molar-refractivity contribution is 0.867. The van der Waals surface area contributed by atoms with Gasteiger partial charge in [0, 0.05) is 11.4 Å². The molecule has 84 valence electrons. The fourth-order valence-electron chi connectivity index (χ4n) is 1.58. The molecule has 0 aliphatic rings. The number of aryl methyl sites for hydroxylation is 1. The first kappa shape index (κ1) is 11.4. The van der Waals surface area contributed by atoms with Gasteiger partial charge in [-0.2, -0.15) is 0 Å². The Morgan fingerprint density at radius 1 is 1.25 bits per heavy atom. The van der Waals surface area contributed by atoms with Crippen LogP contribution < -0.4 is 0 Å². The predicted molar refractivity (Wildman–Crippen MR) is 65.3 cm³/mol. The lowest BCUT2D eigenvalue weighted by Gasteiger charge is -2.08. The minimum Gasteiger partial charge on any atom is -0.282 e. The summed E-state index contributed by atoms with van der Waals surface area (Å²) in [6, 6.07) is 7.57. The Kier molecular flexibility index (Phi) is 3.46. The lowest BCUT2D eigenvalue weighted by atomic mass is 10.3. The molecule has 0 aliphatic carbocycles. The van der Waals surface area contributed by atoms with Crippen molar-refractivity contribution in [1.82, 2.24) is 14.8 Å². The number of benzene rings is 1. The van der Waals surface area contributed by atoms with Gasteiger partial charge in [0.2, 0.25) is 0 Å². The van der Waals surface area contributed by atoms with Crippen LogP contribution in [0.3, 0.4) is 0 Å². The van der Waals surface area contributed by atoms with E-state index in [9.17, 15) is 0 Å². The maximum atomic E-state index is 5.97. The highest BCUT2D eigenvalue weighted by molar-refractivity contribution is 6.30. The van der Waals surface area contributed by atoms with E-state index in [4.69, 9.17) is 23.2 Å². The summed E-state index contributed by atoms with van der Waals surface area (Å²) in [6.07, 6.45) is 0.802. The molecular formula is C11H11Cl2N3. The van der Waals surface area contributed by atoms with E-state index in [1.807, 2.05) is 35.8 Å². The lowest BCUT2D eigenvalue weighted by Crippen LogP contribution is -2.03. The number of nitrogens with zero attached hydrogens (tertiary/aromatic N) is 3. The number of rotatable bonds is 3. The van der Waals surface area contributed by atoms with E-state index in [2.05, 4.69) is 10.2 Å². The van der Waals surface area contributed by atoms with Gasteiger partial charge in [0.25, 0.3) is 0 Å². The van der Waals surface area contributed by atoms with Crippen molar-refractivity contribution in [3.63, 3.8) is 0 Å². The molecule has 2 rings (SSSR count). The quantitative estimate of drug-likeness (QED) is 0.789. The molecular weight excluding hydrogens is 245 g/mol. The fourth-order valence-corrected chi connectivity index (χ4v) is 1.94. The van der Waals surface area contributed by atoms with Crippen molar-refractivity contribution in [2.75, 3.05) is 0 Å². The molecule has 0 spiro atoms. The Labute approximate surface area is 104 Å². The standard InChI is InChI=1S/C11H11Cl2N3/c1-2-10-14-15-11(7-12)16(10)9-5-3-4-8(13)6-9/h3-6H,2,7H2,1H3. The van der Waals surface area contributed by atoms with Crippen molar-refractivity contribution in [3.05, 3.63) is 40.9 Å². The molecule has 2 aromatic rings. The first-order valence-electron chi connectivity index (χ1n) is 5.01. The molecule has 1 aromatic heterocycles. The van der Waals surface area contributed by atoms with Crippen LogP contribution in [0.25, 0.3) is 5.69 Å². The van der Waals surface area contributed by atoms with Gasteiger partial charge in [-0.05, 0) is 18.2 Å². The molecule has 5 heteroatoms. The van der Waals surface area contributed by atoms with Crippen molar-refractivity contribution < 1.29 is 0 Å². The van der Waals surface area contributed by atoms with Gasteiger partial charge in [0.15, 0.2) is 5.82 Å². The highest BCUT2D eigenvalue weighted by Crippen LogP contribution is 2.18. The Morgan fingerprint density at radius 2 is 2.00 bits per heavy atom. The predicted octanol–water partition coefficient (Wildman–Crippen LogP) is 3.22. The smallest absolute Gasteiger partial charge is 0.152 e. The van der Waals surface area contributed by atoms with Gasteiger partial charge >= 0.3 is 0 Å². The Bertz CT molecular complexity index is 472. The second-order valence-corrected chi connectivity index (χ2v) is 4.04. The second kappa shape index (κ2) is 4.85. The summed E-state index contributed by atoms with van der Waals surface area (Å²) < 4.78 is 1.94. The van der Waals surface area contributed by atoms with Crippen LogP contribution >= 0.6 is 23.2 Å². The summed E-state index contributed by atoms with van der Waals surface area (Å²) in [4.78, 5) is 0. The van der Waals surface area contributed by atoms with Crippen LogP contribution in [-0.4, -0.2) is 14.8 Å². The second-order valence-electron chi connectivity index (χ2n) is 3.33. The molecule has 0 saturated carbocycles. The van der Waals surface area contributed by atoms with Gasteiger partial charge in [0.05, 0.1) is 11.6 Å². The third-order valence-electron chi connectivity index (χ3n) is 2.30. The average molecular weight is 256 g/mol. The summed E-state index contributed by atoms with van der Waals surface area (Å²) in [5.74, 6) is 1.96. The van der Waals surface area contributed by atoms with Gasteiger partial charge in [-0.25, -0.2) is 0 Å². The summed E-state index contributed by atoms with van der Waals surface area (Å²) in [5.41, 5.74) is 0.949. The summed E-state index contributed by atoms with van der Waals surface area (Å²) >= 11 is 11.8. The van der Waals surface area contributed by atoms with Crippen molar-refractivity contribution in [2.24, 2.45) is 0 Å². The van der Waals surface area contributed by atoms with Crippen LogP contribution in [0.2, 0.25) is 5.02 Å². The van der Waals surface area contributed by atoms with E-state index < -0.39 is 0 Å². The first-order valence-corrected chi connectivity index (χ1v) is 5.92. The van der Waals surface area contributed by atoms with E-state index in [1.165, 1.54) is 0 Å². The van der Waals surface area contributed by atoms with E-state index in [1.54, 1.807) is 0 Å². The van der Waals surface area contributed by atoms with Crippen LogP contribution in [0.5, 0.6) is 0 Å². The first-order chi connectivity index (χ1) is 7.76. The fraction of sp³-hybridized carbons (Fsp3) is 0.273. The number of aromatic nitrogens is 3. The highest BCUT2D eigenvalue weighted by atomic mass is 35.5. The number of alkyl halides is 1. The Balaban J connectivity index is 2.57. The average Bonchev–Trinajstić information content (AvgIpc) is 2.71. The third-order valence-corrected chi connectivity index (χ3v) is 2.77. The molecule has 0 N–H and O–H groups in total. The maximum Gasteiger partial charge on any atom is 0.152 e. The monoisotopic (exact) mass is 255 g/mol. The van der Waals surface area contributed by atoms with Crippen LogP contribution in [0.1, 0.15) is 18.6 Å². The van der Waals surface area contributed by atoms with E-state index >= 15 is 0 Å². The number of hydrogen-bond acceptors (Lipinski definition) is 2. The summed E-state index contributed by atoms with van der Waals surface area (Å²) in [5, 5.41) is 8.84. The van der Waals surface area contributed by atoms with Crippen LogP contribution in [0.4, 0.5) is 0 Å². The SMILES string of the molecule is CCc1nnc(CCl)n1-c1cccc(Cl)c1. The third kappa shape index (κ3) is 2.06. The van der Waals surface area contributed by atoms with Crippen molar-refractivity contribution in [2.45, 2.75) is 19.2 Å². The van der Waals surface area contributed by atoms with Gasteiger partial charge in [-0.3, -0.25) is 4.57 Å². The van der Waals surface area contributed by atoms with Crippen LogP contribution in [0.15, 0.2) is 24.3 Å². The van der Waals surface area contributed by atoms with E-state index in [0.717, 1.165) is 23.8 Å². The zero-order valence-corrected chi connectivity index (χ0v) is 10.3. The maximum absolute atomic E-state index is 5.97. The normalized spacial score (nSPS) is 10.7. The molecule has 0 radical (unpaired) electrons. The molecule has 1 heterocycles. The molecule has 3 nitrogen and oxygen atoms in total. The van der Waals surface area contributed by atoms with Crippen molar-refractivity contribution in [3.8, 4) is 5.69 Å². The number of hydrogen-bond donors (Lipinski definition) is 0. The van der Waals surface area contributed by atoms with Crippen molar-refractivity contribution >= 4 is 23.2 Å². The van der Waals surface area contributed by atoms with E-state index in [0.29, 0.717) is 10.9 Å². The van der Waals surface area contributed by atoms with Gasteiger partial charge in [-0.15, -0.1) is 21.8 Å². The number of halogens is 2. The minimum atomic E-state index is 0.333. The van der Waals surface area contributed by atoms with Gasteiger partial charge in [0.1, 0.15) is 5.82 Å². The molecule has 0 amide bonds. The molecule has 0 saturated heterocycles. The molecule has 0 aliphatic heterocycles. The molecule has 1 aromatic carbocycles. The molecule has 0 unspecified atom stereocenters. The van der Waals surface area contributed by atoms with Crippen molar-refractivity contribution in [1.29, 1.82) is 0 Å². The van der Waals surface area contributed by atoms with Gasteiger partial charge in [-0.1, -0.05) is 24.6 Å².